The van der Waals surface area contributed by atoms with E-state index in [1.54, 1.807) is 13.8 Å². The van der Waals surface area contributed by atoms with Gasteiger partial charge in [0.05, 0.1) is 0 Å². The van der Waals surface area contributed by atoms with E-state index in [0.29, 0.717) is 17.9 Å². The molecule has 0 radical (unpaired) electrons. The van der Waals surface area contributed by atoms with Crippen LogP contribution in [0.4, 0.5) is 4.79 Å². The third kappa shape index (κ3) is 3.76. The fourth-order valence-corrected chi connectivity index (χ4v) is 3.21. The topological polar surface area (TPSA) is 122 Å². The fourth-order valence-electron chi connectivity index (χ4n) is 1.89. The lowest BCUT2D eigenvalue weighted by molar-refractivity contribution is -0.146. The van der Waals surface area contributed by atoms with Gasteiger partial charge in [-0.25, -0.2) is 9.59 Å². The normalized spacial score (nSPS) is 23.9. The van der Waals surface area contributed by atoms with Gasteiger partial charge >= 0.3 is 12.0 Å². The Morgan fingerprint density at radius 3 is 2.37 bits per heavy atom. The summed E-state index contributed by atoms with van der Waals surface area (Å²) in [6, 6.07) is -1.64. The van der Waals surface area contributed by atoms with Crippen molar-refractivity contribution in [3.63, 3.8) is 0 Å². The molecule has 0 spiro atoms. The van der Waals surface area contributed by atoms with Gasteiger partial charge in [-0.15, -0.1) is 0 Å². The zero-order chi connectivity index (χ0) is 14.6. The van der Waals surface area contributed by atoms with Gasteiger partial charge in [-0.05, 0) is 18.1 Å². The summed E-state index contributed by atoms with van der Waals surface area (Å²) in [5.74, 6) is -0.740. The van der Waals surface area contributed by atoms with Crippen molar-refractivity contribution in [2.45, 2.75) is 31.8 Å². The molecular formula is C11H19N3O4S. The molecule has 1 rings (SSSR count). The summed E-state index contributed by atoms with van der Waals surface area (Å²) in [7, 11) is 0. The minimum Gasteiger partial charge on any atom is -0.479 e. The van der Waals surface area contributed by atoms with Crippen LogP contribution in [-0.2, 0) is 9.59 Å². The summed E-state index contributed by atoms with van der Waals surface area (Å²) in [5, 5.41) is 14.2. The molecule has 1 saturated heterocycles. The number of rotatable bonds is 5. The van der Waals surface area contributed by atoms with Crippen molar-refractivity contribution < 1.29 is 19.5 Å². The monoisotopic (exact) mass is 289 g/mol. The van der Waals surface area contributed by atoms with Crippen molar-refractivity contribution >= 4 is 29.7 Å². The summed E-state index contributed by atoms with van der Waals surface area (Å²) < 4.78 is 0. The Labute approximate surface area is 115 Å². The molecule has 1 fully saturated rings. The smallest absolute Gasteiger partial charge is 0.330 e. The van der Waals surface area contributed by atoms with Crippen LogP contribution in [0.15, 0.2) is 0 Å². The molecule has 1 heterocycles. The van der Waals surface area contributed by atoms with Crippen LogP contribution in [0.1, 0.15) is 20.3 Å². The molecule has 2 atom stereocenters. The molecule has 2 unspecified atom stereocenters. The van der Waals surface area contributed by atoms with Crippen LogP contribution in [0.5, 0.6) is 0 Å². The van der Waals surface area contributed by atoms with Gasteiger partial charge in [-0.3, -0.25) is 4.79 Å². The van der Waals surface area contributed by atoms with Crippen molar-refractivity contribution in [1.82, 2.24) is 10.6 Å². The first-order chi connectivity index (χ1) is 8.78. The SMILES string of the molecule is CC(C)C(NC(N)=O)C(=O)NC1(C(=O)O)CCSC1. The van der Waals surface area contributed by atoms with Crippen LogP contribution in [0, 0.1) is 5.92 Å². The standard InChI is InChI=1S/C11H19N3O4S/c1-6(2)7(13-10(12)18)8(15)14-11(9(16)17)3-4-19-5-11/h6-7H,3-5H2,1-2H3,(H,14,15)(H,16,17)(H3,12,13,18). The lowest BCUT2D eigenvalue weighted by Gasteiger charge is -2.28. The van der Waals surface area contributed by atoms with Gasteiger partial charge in [0.15, 0.2) is 0 Å². The maximum Gasteiger partial charge on any atom is 0.330 e. The molecule has 1 aliphatic heterocycles. The maximum absolute atomic E-state index is 12.1. The number of nitrogens with one attached hydrogen (secondary N) is 2. The first kappa shape index (κ1) is 15.6. The van der Waals surface area contributed by atoms with E-state index < -0.39 is 29.5 Å². The van der Waals surface area contributed by atoms with E-state index in [4.69, 9.17) is 5.73 Å². The minimum absolute atomic E-state index is 0.188. The Morgan fingerprint density at radius 2 is 2.00 bits per heavy atom. The number of carbonyl (C=O) groups is 3. The second-order valence-electron chi connectivity index (χ2n) is 4.91. The van der Waals surface area contributed by atoms with E-state index in [0.717, 1.165) is 0 Å². The van der Waals surface area contributed by atoms with Crippen LogP contribution in [0.25, 0.3) is 0 Å². The average molecular weight is 289 g/mol. The Bertz CT molecular complexity index is 380. The first-order valence-corrected chi connectivity index (χ1v) is 7.13. The van der Waals surface area contributed by atoms with E-state index >= 15 is 0 Å². The van der Waals surface area contributed by atoms with E-state index in [1.165, 1.54) is 11.8 Å². The number of amides is 3. The van der Waals surface area contributed by atoms with Gasteiger partial charge in [0.1, 0.15) is 11.6 Å². The fraction of sp³-hybridized carbons (Fsp3) is 0.727. The lowest BCUT2D eigenvalue weighted by atomic mass is 9.96. The molecule has 0 saturated carbocycles. The number of hydrogen-bond donors (Lipinski definition) is 4. The van der Waals surface area contributed by atoms with Crippen molar-refractivity contribution in [3.05, 3.63) is 0 Å². The Morgan fingerprint density at radius 1 is 1.37 bits per heavy atom. The molecule has 8 heteroatoms. The Hall–Kier alpha value is -1.44. The molecule has 0 bridgehead atoms. The highest BCUT2D eigenvalue weighted by Gasteiger charge is 2.44. The number of aliphatic carboxylic acids is 1. The van der Waals surface area contributed by atoms with Crippen LogP contribution in [-0.4, -0.2) is 46.1 Å². The minimum atomic E-state index is -1.24. The number of primary amides is 1. The molecular weight excluding hydrogens is 270 g/mol. The highest BCUT2D eigenvalue weighted by atomic mass is 32.2. The number of hydrogen-bond acceptors (Lipinski definition) is 4. The zero-order valence-electron chi connectivity index (χ0n) is 10.9. The predicted molar refractivity (Wildman–Crippen MR) is 71.8 cm³/mol. The van der Waals surface area contributed by atoms with Crippen LogP contribution < -0.4 is 16.4 Å². The zero-order valence-corrected chi connectivity index (χ0v) is 11.8. The molecule has 0 aliphatic carbocycles. The molecule has 0 aromatic rings. The van der Waals surface area contributed by atoms with Crippen molar-refractivity contribution in [1.29, 1.82) is 0 Å². The Balaban J connectivity index is 2.80. The highest BCUT2D eigenvalue weighted by Crippen LogP contribution is 2.28. The van der Waals surface area contributed by atoms with Crippen LogP contribution >= 0.6 is 11.8 Å². The van der Waals surface area contributed by atoms with Gasteiger partial charge in [-0.1, -0.05) is 13.8 Å². The maximum atomic E-state index is 12.1. The third-order valence-corrected chi connectivity index (χ3v) is 4.23. The van der Waals surface area contributed by atoms with E-state index in [-0.39, 0.29) is 5.92 Å². The van der Waals surface area contributed by atoms with Crippen molar-refractivity contribution in [3.8, 4) is 0 Å². The summed E-state index contributed by atoms with van der Waals surface area (Å²) in [5.41, 5.74) is 3.78. The van der Waals surface area contributed by atoms with E-state index in [9.17, 15) is 19.5 Å². The largest absolute Gasteiger partial charge is 0.479 e. The van der Waals surface area contributed by atoms with E-state index in [2.05, 4.69) is 10.6 Å². The number of carboxylic acids is 1. The predicted octanol–water partition coefficient (Wildman–Crippen LogP) is -0.244. The molecule has 5 N–H and O–H groups in total. The highest BCUT2D eigenvalue weighted by molar-refractivity contribution is 7.99. The number of urea groups is 1. The quantitative estimate of drug-likeness (QED) is 0.556. The number of thioether (sulfide) groups is 1. The molecule has 3 amide bonds. The number of carbonyl (C=O) groups excluding carboxylic acids is 2. The van der Waals surface area contributed by atoms with Gasteiger partial charge in [-0.2, -0.15) is 11.8 Å². The van der Waals surface area contributed by atoms with E-state index in [1.807, 2.05) is 0 Å². The lowest BCUT2D eigenvalue weighted by Crippen LogP contribution is -2.61. The molecule has 7 nitrogen and oxygen atoms in total. The summed E-state index contributed by atoms with van der Waals surface area (Å²) in [6.07, 6.45) is 0.375. The van der Waals surface area contributed by atoms with Crippen molar-refractivity contribution in [2.24, 2.45) is 11.7 Å². The molecule has 19 heavy (non-hydrogen) atoms. The summed E-state index contributed by atoms with van der Waals surface area (Å²) in [4.78, 5) is 34.3. The van der Waals surface area contributed by atoms with Crippen LogP contribution in [0.3, 0.4) is 0 Å². The molecule has 0 aromatic carbocycles. The van der Waals surface area contributed by atoms with Gasteiger partial charge in [0.25, 0.3) is 0 Å². The molecule has 108 valence electrons. The Kier molecular flexibility index (Phi) is 5.04. The average Bonchev–Trinajstić information content (AvgIpc) is 2.74. The summed E-state index contributed by atoms with van der Waals surface area (Å²) >= 11 is 1.48. The van der Waals surface area contributed by atoms with Gasteiger partial charge in [0, 0.05) is 5.75 Å². The van der Waals surface area contributed by atoms with Crippen molar-refractivity contribution in [2.75, 3.05) is 11.5 Å². The third-order valence-electron chi connectivity index (χ3n) is 3.04. The second kappa shape index (κ2) is 6.14. The first-order valence-electron chi connectivity index (χ1n) is 5.97. The number of carboxylic acid groups (broad SMARTS) is 1. The second-order valence-corrected chi connectivity index (χ2v) is 6.01. The summed E-state index contributed by atoms with van der Waals surface area (Å²) in [6.45, 7) is 3.49. The van der Waals surface area contributed by atoms with Gasteiger partial charge < -0.3 is 21.5 Å². The number of nitrogens with two attached hydrogens (primary N) is 1. The van der Waals surface area contributed by atoms with Crippen LogP contribution in [0.2, 0.25) is 0 Å². The molecule has 0 aromatic heterocycles. The molecule has 1 aliphatic rings. The van der Waals surface area contributed by atoms with Gasteiger partial charge in [0.2, 0.25) is 5.91 Å².